The van der Waals surface area contributed by atoms with Gasteiger partial charge in [0.2, 0.25) is 6.23 Å². The highest BCUT2D eigenvalue weighted by Gasteiger charge is 2.49. The Hall–Kier alpha value is -1.08. The molecule has 1 aliphatic heterocycles. The van der Waals surface area contributed by atoms with Crippen LogP contribution in [0.1, 0.15) is 0 Å². The van der Waals surface area contributed by atoms with Gasteiger partial charge in [-0.15, -0.1) is 0 Å². The summed E-state index contributed by atoms with van der Waals surface area (Å²) >= 11 is 0. The molecule has 0 radical (unpaired) electrons. The van der Waals surface area contributed by atoms with E-state index < -0.39 is 18.2 Å². The number of hydrogen-bond acceptors (Lipinski definition) is 3. The minimum Gasteiger partial charge on any atom is -0.431 e. The highest BCUT2D eigenvalue weighted by Crippen LogP contribution is 2.12. The summed E-state index contributed by atoms with van der Waals surface area (Å²) in [5, 5.41) is 0. The van der Waals surface area contributed by atoms with Gasteiger partial charge in [-0.05, 0) is 0 Å². The molecule has 0 aromatic rings. The first-order valence-corrected chi connectivity index (χ1v) is 2.12. The minimum absolute atomic E-state index is 0.444. The highest BCUT2D eigenvalue weighted by molar-refractivity contribution is 5.83. The van der Waals surface area contributed by atoms with Gasteiger partial charge < -0.3 is 4.74 Å². The third-order valence-electron chi connectivity index (χ3n) is 0.966. The van der Waals surface area contributed by atoms with E-state index in [-0.39, 0.29) is 0 Å². The smallest absolute Gasteiger partial charge is 0.415 e. The Labute approximate surface area is 46.0 Å². The standard InChI is InChI=1S/C4H5N2O2/c1-6-2-3(5)8-4(2)7/h1-3H,5H2/q+1/t2-,3-/m1/s1. The first kappa shape index (κ1) is 5.06. The van der Waals surface area contributed by atoms with Crippen LogP contribution in [-0.4, -0.2) is 18.2 Å². The van der Waals surface area contributed by atoms with Gasteiger partial charge in [0.25, 0.3) is 6.57 Å². The third-order valence-corrected chi connectivity index (χ3v) is 0.966. The Bertz CT molecular complexity index is 160. The van der Waals surface area contributed by atoms with Crippen LogP contribution in [0.2, 0.25) is 0 Å². The molecule has 1 rings (SSSR count). The van der Waals surface area contributed by atoms with Crippen molar-refractivity contribution in [1.29, 1.82) is 0 Å². The number of nitrogens with two attached hydrogens (primary N) is 1. The molecule has 2 atom stereocenters. The van der Waals surface area contributed by atoms with Gasteiger partial charge in [-0.3, -0.25) is 5.73 Å². The molecule has 1 saturated heterocycles. The molecular formula is C4H5N2O2+. The number of rotatable bonds is 0. The van der Waals surface area contributed by atoms with Crippen molar-refractivity contribution in [2.45, 2.75) is 12.3 Å². The number of hydrogen-bond donors (Lipinski definition) is 1. The monoisotopic (exact) mass is 113 g/mol. The van der Waals surface area contributed by atoms with Crippen LogP contribution >= 0.6 is 0 Å². The summed E-state index contributed by atoms with van der Waals surface area (Å²) in [5.41, 5.74) is 5.11. The van der Waals surface area contributed by atoms with Gasteiger partial charge in [-0.25, -0.2) is 4.79 Å². The number of nitrogens with zero attached hydrogens (tertiary/aromatic N) is 1. The SMILES string of the molecule is C#[N+][C@H]1C(=O)O[C@H]1N. The van der Waals surface area contributed by atoms with Crippen LogP contribution in [0.3, 0.4) is 0 Å². The molecular weight excluding hydrogens is 108 g/mol. The molecule has 2 N–H and O–H groups in total. The molecule has 0 amide bonds. The minimum atomic E-state index is -0.630. The zero-order valence-electron chi connectivity index (χ0n) is 4.07. The van der Waals surface area contributed by atoms with Gasteiger partial charge >= 0.3 is 12.0 Å². The molecule has 0 aromatic heterocycles. The van der Waals surface area contributed by atoms with Crippen LogP contribution in [0.15, 0.2) is 0 Å². The number of cyclic esters (lactones) is 1. The van der Waals surface area contributed by atoms with Crippen LogP contribution in [0, 0.1) is 6.57 Å². The lowest BCUT2D eigenvalue weighted by Gasteiger charge is -2.18. The zero-order valence-corrected chi connectivity index (χ0v) is 4.07. The summed E-state index contributed by atoms with van der Waals surface area (Å²) in [6, 6.07) is -0.630. The van der Waals surface area contributed by atoms with Gasteiger partial charge in [-0.2, -0.15) is 0 Å². The van der Waals surface area contributed by atoms with Gasteiger partial charge in [0.05, 0.1) is 0 Å². The van der Waals surface area contributed by atoms with Gasteiger partial charge in [0.15, 0.2) is 0 Å². The average Bonchev–Trinajstić information content (AvgIpc) is 1.67. The molecule has 42 valence electrons. The van der Waals surface area contributed by atoms with Crippen LogP contribution in [0.4, 0.5) is 0 Å². The van der Waals surface area contributed by atoms with Crippen LogP contribution < -0.4 is 5.73 Å². The van der Waals surface area contributed by atoms with Crippen molar-refractivity contribution in [3.63, 3.8) is 0 Å². The number of carbonyl (C=O) groups excluding carboxylic acids is 1. The lowest BCUT2D eigenvalue weighted by atomic mass is 10.2. The van der Waals surface area contributed by atoms with E-state index in [4.69, 9.17) is 12.3 Å². The Kier molecular flexibility index (Phi) is 0.922. The lowest BCUT2D eigenvalue weighted by Crippen LogP contribution is -2.53. The fourth-order valence-electron chi connectivity index (χ4n) is 0.476. The van der Waals surface area contributed by atoms with Crippen LogP contribution in [0.25, 0.3) is 4.85 Å². The van der Waals surface area contributed by atoms with E-state index in [1.54, 1.807) is 0 Å². The number of carbonyl (C=O) groups is 1. The molecule has 1 fully saturated rings. The normalized spacial score (nSPS) is 34.8. The first-order valence-electron chi connectivity index (χ1n) is 2.12. The Morgan fingerprint density at radius 2 is 2.50 bits per heavy atom. The second kappa shape index (κ2) is 1.46. The van der Waals surface area contributed by atoms with Crippen molar-refractivity contribution < 1.29 is 9.53 Å². The Morgan fingerprint density at radius 3 is 2.62 bits per heavy atom. The third kappa shape index (κ3) is 0.453. The maximum absolute atomic E-state index is 10.2. The maximum atomic E-state index is 10.2. The van der Waals surface area contributed by atoms with E-state index in [1.807, 2.05) is 0 Å². The molecule has 4 nitrogen and oxygen atoms in total. The van der Waals surface area contributed by atoms with Crippen molar-refractivity contribution in [2.24, 2.45) is 5.73 Å². The van der Waals surface area contributed by atoms with E-state index in [1.165, 1.54) is 0 Å². The fraction of sp³-hybridized carbons (Fsp3) is 0.500. The maximum Gasteiger partial charge on any atom is 0.415 e. The molecule has 0 bridgehead atoms. The van der Waals surface area contributed by atoms with Crippen molar-refractivity contribution in [3.8, 4) is 6.57 Å². The lowest BCUT2D eigenvalue weighted by molar-refractivity contribution is -0.169. The first-order chi connectivity index (χ1) is 3.75. The van der Waals surface area contributed by atoms with E-state index in [0.29, 0.717) is 0 Å². The van der Waals surface area contributed by atoms with E-state index in [0.717, 1.165) is 0 Å². The van der Waals surface area contributed by atoms with Crippen molar-refractivity contribution >= 4 is 5.97 Å². The summed E-state index contributed by atoms with van der Waals surface area (Å²) < 4.78 is 4.31. The molecule has 1 heterocycles. The predicted octanol–water partition coefficient (Wildman–Crippen LogP) is -0.841. The molecule has 0 spiro atoms. The van der Waals surface area contributed by atoms with Crippen LogP contribution in [-0.2, 0) is 9.53 Å². The molecule has 0 saturated carbocycles. The van der Waals surface area contributed by atoms with E-state index in [9.17, 15) is 4.79 Å². The molecule has 0 unspecified atom stereocenters. The Morgan fingerprint density at radius 1 is 1.88 bits per heavy atom. The molecule has 0 aromatic carbocycles. The van der Waals surface area contributed by atoms with E-state index >= 15 is 0 Å². The largest absolute Gasteiger partial charge is 0.431 e. The number of esters is 1. The molecule has 1 aliphatic rings. The number of ether oxygens (including phenoxy) is 1. The summed E-state index contributed by atoms with van der Waals surface area (Å²) in [4.78, 5) is 13.4. The Balaban J connectivity index is 2.56. The molecule has 0 aliphatic carbocycles. The fourth-order valence-corrected chi connectivity index (χ4v) is 0.476. The van der Waals surface area contributed by atoms with Gasteiger partial charge in [0, 0.05) is 0 Å². The quantitative estimate of drug-likeness (QED) is 0.417. The summed E-state index contributed by atoms with van der Waals surface area (Å²) in [6.07, 6.45) is -0.618. The highest BCUT2D eigenvalue weighted by atomic mass is 16.6. The zero-order chi connectivity index (χ0) is 6.15. The topological polar surface area (TPSA) is 56.7 Å². The van der Waals surface area contributed by atoms with Gasteiger partial charge in [0.1, 0.15) is 0 Å². The van der Waals surface area contributed by atoms with Crippen molar-refractivity contribution in [3.05, 3.63) is 4.85 Å². The summed E-state index contributed by atoms with van der Waals surface area (Å²) in [6.45, 7) is 4.76. The van der Waals surface area contributed by atoms with Crippen molar-refractivity contribution in [1.82, 2.24) is 0 Å². The van der Waals surface area contributed by atoms with Crippen molar-refractivity contribution in [2.75, 3.05) is 0 Å². The second-order valence-electron chi connectivity index (χ2n) is 1.50. The average molecular weight is 113 g/mol. The second-order valence-corrected chi connectivity index (χ2v) is 1.50. The van der Waals surface area contributed by atoms with Gasteiger partial charge in [-0.1, -0.05) is 4.85 Å². The molecule has 8 heavy (non-hydrogen) atoms. The molecule has 4 heteroatoms. The van der Waals surface area contributed by atoms with Crippen LogP contribution in [0.5, 0.6) is 0 Å². The van der Waals surface area contributed by atoms with E-state index in [2.05, 4.69) is 9.58 Å². The summed E-state index contributed by atoms with van der Waals surface area (Å²) in [5.74, 6) is -0.444. The predicted molar refractivity (Wildman–Crippen MR) is 26.2 cm³/mol. The summed E-state index contributed by atoms with van der Waals surface area (Å²) in [7, 11) is 0.